The van der Waals surface area contributed by atoms with E-state index in [1.54, 1.807) is 20.3 Å². The fourth-order valence-electron chi connectivity index (χ4n) is 1.86. The second-order valence-corrected chi connectivity index (χ2v) is 4.05. The predicted molar refractivity (Wildman–Crippen MR) is 60.8 cm³/mol. The first kappa shape index (κ1) is 11.6. The van der Waals surface area contributed by atoms with Crippen LogP contribution >= 0.6 is 11.6 Å². The molecule has 5 nitrogen and oxygen atoms in total. The van der Waals surface area contributed by atoms with Gasteiger partial charge in [0.05, 0.1) is 0 Å². The van der Waals surface area contributed by atoms with Gasteiger partial charge >= 0.3 is 0 Å². The molecule has 0 spiro atoms. The van der Waals surface area contributed by atoms with Crippen LogP contribution in [-0.2, 0) is 9.47 Å². The van der Waals surface area contributed by atoms with Gasteiger partial charge in [0.15, 0.2) is 11.0 Å². The van der Waals surface area contributed by atoms with Gasteiger partial charge in [-0.15, -0.1) is 10.2 Å². The molecule has 6 heteroatoms. The number of halogens is 1. The van der Waals surface area contributed by atoms with Crippen molar-refractivity contribution in [3.05, 3.63) is 17.3 Å². The summed E-state index contributed by atoms with van der Waals surface area (Å²) in [5.74, 6) is 0.797. The fourth-order valence-corrected chi connectivity index (χ4v) is 1.96. The number of hydrogen-bond donors (Lipinski definition) is 0. The molecule has 1 aliphatic rings. The molecule has 2 heterocycles. The third-order valence-electron chi connectivity index (χ3n) is 2.76. The van der Waals surface area contributed by atoms with E-state index in [2.05, 4.69) is 15.1 Å². The molecule has 0 bridgehead atoms. The Morgan fingerprint density at radius 1 is 1.19 bits per heavy atom. The third kappa shape index (κ3) is 2.26. The summed E-state index contributed by atoms with van der Waals surface area (Å²) in [5.41, 5.74) is 0. The molecule has 0 aliphatic carbocycles. The van der Waals surface area contributed by atoms with Gasteiger partial charge in [0, 0.05) is 27.3 Å². The lowest BCUT2D eigenvalue weighted by molar-refractivity contribution is -0.00461. The first-order valence-corrected chi connectivity index (χ1v) is 5.42. The Balaban J connectivity index is 2.09. The third-order valence-corrected chi connectivity index (χ3v) is 2.96. The molecular formula is C10H14ClN3O2. The van der Waals surface area contributed by atoms with Gasteiger partial charge < -0.3 is 14.4 Å². The SMILES string of the molecule is COC1CN(c2ccc(Cl)nn2)CC1OC. The first-order valence-electron chi connectivity index (χ1n) is 5.04. The smallest absolute Gasteiger partial charge is 0.151 e. The Hall–Kier alpha value is -0.910. The maximum absolute atomic E-state index is 5.69. The molecule has 1 saturated heterocycles. The molecule has 1 aromatic rings. The Morgan fingerprint density at radius 3 is 2.25 bits per heavy atom. The van der Waals surface area contributed by atoms with Gasteiger partial charge in [-0.2, -0.15) is 0 Å². The number of nitrogens with zero attached hydrogens (tertiary/aromatic N) is 3. The number of anilines is 1. The largest absolute Gasteiger partial charge is 0.377 e. The zero-order valence-electron chi connectivity index (χ0n) is 9.26. The number of ether oxygens (including phenoxy) is 2. The van der Waals surface area contributed by atoms with Crippen molar-refractivity contribution in [2.24, 2.45) is 0 Å². The van der Waals surface area contributed by atoms with E-state index in [-0.39, 0.29) is 12.2 Å². The zero-order valence-corrected chi connectivity index (χ0v) is 10.0. The van der Waals surface area contributed by atoms with E-state index >= 15 is 0 Å². The summed E-state index contributed by atoms with van der Waals surface area (Å²) in [6.07, 6.45) is 0.143. The molecule has 1 fully saturated rings. The number of methoxy groups -OCH3 is 2. The van der Waals surface area contributed by atoms with E-state index in [1.807, 2.05) is 6.07 Å². The van der Waals surface area contributed by atoms with Gasteiger partial charge in [-0.1, -0.05) is 11.6 Å². The number of aromatic nitrogens is 2. The molecule has 2 atom stereocenters. The minimum atomic E-state index is 0.0717. The Morgan fingerprint density at radius 2 is 1.81 bits per heavy atom. The molecule has 0 aromatic carbocycles. The van der Waals surface area contributed by atoms with Crippen molar-refractivity contribution < 1.29 is 9.47 Å². The van der Waals surface area contributed by atoms with Crippen LogP contribution in [0.1, 0.15) is 0 Å². The maximum atomic E-state index is 5.69. The van der Waals surface area contributed by atoms with E-state index in [1.165, 1.54) is 0 Å². The molecule has 16 heavy (non-hydrogen) atoms. The van der Waals surface area contributed by atoms with E-state index in [0.29, 0.717) is 5.15 Å². The van der Waals surface area contributed by atoms with Crippen LogP contribution in [0.3, 0.4) is 0 Å². The highest BCUT2D eigenvalue weighted by Crippen LogP contribution is 2.21. The van der Waals surface area contributed by atoms with Crippen LogP contribution in [-0.4, -0.2) is 49.7 Å². The quantitative estimate of drug-likeness (QED) is 0.792. The van der Waals surface area contributed by atoms with Crippen molar-refractivity contribution in [1.29, 1.82) is 0 Å². The molecule has 2 rings (SSSR count). The summed E-state index contributed by atoms with van der Waals surface area (Å²) in [5, 5.41) is 8.25. The summed E-state index contributed by atoms with van der Waals surface area (Å²) in [7, 11) is 3.38. The van der Waals surface area contributed by atoms with Crippen molar-refractivity contribution in [2.75, 3.05) is 32.2 Å². The maximum Gasteiger partial charge on any atom is 0.151 e. The fraction of sp³-hybridized carbons (Fsp3) is 0.600. The predicted octanol–water partition coefficient (Wildman–Crippen LogP) is 0.980. The van der Waals surface area contributed by atoms with Crippen molar-refractivity contribution >= 4 is 17.4 Å². The normalized spacial score (nSPS) is 25.1. The van der Waals surface area contributed by atoms with Gasteiger partial charge in [-0.25, -0.2) is 0 Å². The minimum absolute atomic E-state index is 0.0717. The van der Waals surface area contributed by atoms with E-state index in [0.717, 1.165) is 18.9 Å². The van der Waals surface area contributed by atoms with Gasteiger partial charge in [-0.05, 0) is 12.1 Å². The van der Waals surface area contributed by atoms with Crippen LogP contribution in [0.2, 0.25) is 5.15 Å². The van der Waals surface area contributed by atoms with E-state index < -0.39 is 0 Å². The van der Waals surface area contributed by atoms with Crippen molar-refractivity contribution in [3.8, 4) is 0 Å². The topological polar surface area (TPSA) is 47.5 Å². The Labute approximate surface area is 99.3 Å². The Bertz CT molecular complexity index is 334. The highest BCUT2D eigenvalue weighted by atomic mass is 35.5. The average Bonchev–Trinajstić information content (AvgIpc) is 2.73. The van der Waals surface area contributed by atoms with Crippen LogP contribution in [0.15, 0.2) is 12.1 Å². The molecule has 0 amide bonds. The van der Waals surface area contributed by atoms with E-state index in [9.17, 15) is 0 Å². The zero-order chi connectivity index (χ0) is 11.5. The van der Waals surface area contributed by atoms with Crippen LogP contribution in [0, 0.1) is 0 Å². The summed E-state index contributed by atoms with van der Waals surface area (Å²) in [6.45, 7) is 1.51. The van der Waals surface area contributed by atoms with Gasteiger partial charge in [0.2, 0.25) is 0 Å². The molecule has 1 aromatic heterocycles. The van der Waals surface area contributed by atoms with Gasteiger partial charge in [0.25, 0.3) is 0 Å². The molecule has 0 N–H and O–H groups in total. The van der Waals surface area contributed by atoms with Crippen molar-refractivity contribution in [2.45, 2.75) is 12.2 Å². The van der Waals surface area contributed by atoms with E-state index in [4.69, 9.17) is 21.1 Å². The lowest BCUT2D eigenvalue weighted by Crippen LogP contribution is -2.27. The van der Waals surface area contributed by atoms with Crippen LogP contribution < -0.4 is 4.90 Å². The molecular weight excluding hydrogens is 230 g/mol. The summed E-state index contributed by atoms with van der Waals surface area (Å²) < 4.78 is 10.7. The Kier molecular flexibility index (Phi) is 3.58. The molecule has 0 saturated carbocycles. The molecule has 0 radical (unpaired) electrons. The van der Waals surface area contributed by atoms with Gasteiger partial charge in [0.1, 0.15) is 12.2 Å². The standard InChI is InChI=1S/C10H14ClN3O2/c1-15-7-5-14(6-8(7)16-2)10-4-3-9(11)12-13-10/h3-4,7-8H,5-6H2,1-2H3. The monoisotopic (exact) mass is 243 g/mol. The average molecular weight is 244 g/mol. The highest BCUT2D eigenvalue weighted by Gasteiger charge is 2.33. The lowest BCUT2D eigenvalue weighted by Gasteiger charge is -2.15. The van der Waals surface area contributed by atoms with Crippen LogP contribution in [0.5, 0.6) is 0 Å². The molecule has 2 unspecified atom stereocenters. The molecule has 1 aliphatic heterocycles. The number of hydrogen-bond acceptors (Lipinski definition) is 5. The second kappa shape index (κ2) is 4.95. The second-order valence-electron chi connectivity index (χ2n) is 3.67. The summed E-state index contributed by atoms with van der Waals surface area (Å²) >= 11 is 5.69. The minimum Gasteiger partial charge on any atom is -0.377 e. The first-order chi connectivity index (χ1) is 7.74. The van der Waals surface area contributed by atoms with Crippen molar-refractivity contribution in [1.82, 2.24) is 10.2 Å². The molecule has 88 valence electrons. The summed E-state index contributed by atoms with van der Waals surface area (Å²) in [6, 6.07) is 3.58. The lowest BCUT2D eigenvalue weighted by atomic mass is 10.3. The van der Waals surface area contributed by atoms with Crippen LogP contribution in [0.4, 0.5) is 5.82 Å². The van der Waals surface area contributed by atoms with Crippen molar-refractivity contribution in [3.63, 3.8) is 0 Å². The summed E-state index contributed by atoms with van der Waals surface area (Å²) in [4.78, 5) is 2.08. The van der Waals surface area contributed by atoms with Gasteiger partial charge in [-0.3, -0.25) is 0 Å². The van der Waals surface area contributed by atoms with Crippen LogP contribution in [0.25, 0.3) is 0 Å². The highest BCUT2D eigenvalue weighted by molar-refractivity contribution is 6.29. The number of rotatable bonds is 3.